The van der Waals surface area contributed by atoms with Gasteiger partial charge in [-0.25, -0.2) is 0 Å². The molecular weight excluding hydrogens is 306 g/mol. The topological polar surface area (TPSA) is 29.1 Å². The minimum atomic E-state index is -0.111. The van der Waals surface area contributed by atoms with Crippen LogP contribution in [0.2, 0.25) is 5.02 Å². The summed E-state index contributed by atoms with van der Waals surface area (Å²) in [4.78, 5) is 12.5. The van der Waals surface area contributed by atoms with Gasteiger partial charge in [0.15, 0.2) is 0 Å². The number of carbonyl (C=O) groups is 1. The summed E-state index contributed by atoms with van der Waals surface area (Å²) in [5, 5.41) is 3.61. The van der Waals surface area contributed by atoms with Crippen LogP contribution in [0.4, 0.5) is 0 Å². The van der Waals surface area contributed by atoms with Crippen molar-refractivity contribution in [2.75, 3.05) is 0 Å². The second kappa shape index (κ2) is 7.18. The number of rotatable bonds is 4. The summed E-state index contributed by atoms with van der Waals surface area (Å²) >= 11 is 6.13. The maximum Gasteiger partial charge on any atom is 0.253 e. The third-order valence-electron chi connectivity index (χ3n) is 4.61. The van der Waals surface area contributed by atoms with Gasteiger partial charge >= 0.3 is 0 Å². The molecule has 0 bridgehead atoms. The molecule has 0 radical (unpaired) electrons. The quantitative estimate of drug-likeness (QED) is 0.831. The molecule has 0 aromatic heterocycles. The van der Waals surface area contributed by atoms with Gasteiger partial charge in [-0.05, 0) is 60.9 Å². The van der Waals surface area contributed by atoms with Gasteiger partial charge in [-0.1, -0.05) is 48.9 Å². The van der Waals surface area contributed by atoms with Gasteiger partial charge < -0.3 is 5.32 Å². The third-order valence-corrected chi connectivity index (χ3v) is 4.94. The van der Waals surface area contributed by atoms with Gasteiger partial charge in [-0.3, -0.25) is 4.79 Å². The van der Waals surface area contributed by atoms with Crippen LogP contribution in [0.3, 0.4) is 0 Å². The van der Waals surface area contributed by atoms with Gasteiger partial charge in [0.1, 0.15) is 0 Å². The number of hydrogen-bond donors (Lipinski definition) is 1. The van der Waals surface area contributed by atoms with Gasteiger partial charge in [0.05, 0.1) is 16.6 Å². The van der Waals surface area contributed by atoms with Crippen LogP contribution in [0.25, 0.3) is 0 Å². The lowest BCUT2D eigenvalue weighted by Gasteiger charge is -2.22. The fourth-order valence-corrected chi connectivity index (χ4v) is 3.49. The molecule has 0 spiro atoms. The van der Waals surface area contributed by atoms with Crippen molar-refractivity contribution in [1.82, 2.24) is 5.32 Å². The highest BCUT2D eigenvalue weighted by molar-refractivity contribution is 6.33. The van der Waals surface area contributed by atoms with E-state index < -0.39 is 0 Å². The summed E-state index contributed by atoms with van der Waals surface area (Å²) in [5.41, 5.74) is 4.63. The molecule has 23 heavy (non-hydrogen) atoms. The molecule has 2 aromatic rings. The molecule has 0 aliphatic heterocycles. The summed E-state index contributed by atoms with van der Waals surface area (Å²) in [6, 6.07) is 13.9. The van der Waals surface area contributed by atoms with Crippen molar-refractivity contribution in [3.05, 3.63) is 69.7 Å². The Labute approximate surface area is 142 Å². The first-order valence-electron chi connectivity index (χ1n) is 8.36. The first-order valence-corrected chi connectivity index (χ1v) is 8.74. The number of amides is 1. The predicted molar refractivity (Wildman–Crippen MR) is 95.0 cm³/mol. The van der Waals surface area contributed by atoms with Crippen molar-refractivity contribution in [3.8, 4) is 0 Å². The SMILES string of the molecule is CC[C@@H](NC(=O)c1ccccc1Cl)c1ccc2c(c1)CCCC2. The molecule has 2 aromatic carbocycles. The Bertz CT molecular complexity index is 711. The summed E-state index contributed by atoms with van der Waals surface area (Å²) in [6.45, 7) is 2.09. The molecule has 0 saturated heterocycles. The van der Waals surface area contributed by atoms with E-state index >= 15 is 0 Å². The average molecular weight is 328 g/mol. The number of aryl methyl sites for hydroxylation is 2. The second-order valence-corrected chi connectivity index (χ2v) is 6.56. The smallest absolute Gasteiger partial charge is 0.253 e. The van der Waals surface area contributed by atoms with Crippen molar-refractivity contribution in [2.24, 2.45) is 0 Å². The van der Waals surface area contributed by atoms with Gasteiger partial charge in [-0.2, -0.15) is 0 Å². The average Bonchev–Trinajstić information content (AvgIpc) is 2.59. The van der Waals surface area contributed by atoms with E-state index in [2.05, 4.69) is 30.4 Å². The first-order chi connectivity index (χ1) is 11.2. The van der Waals surface area contributed by atoms with Crippen LogP contribution in [0.15, 0.2) is 42.5 Å². The van der Waals surface area contributed by atoms with Gasteiger partial charge in [-0.15, -0.1) is 0 Å². The second-order valence-electron chi connectivity index (χ2n) is 6.15. The fourth-order valence-electron chi connectivity index (χ4n) is 3.27. The highest BCUT2D eigenvalue weighted by Crippen LogP contribution is 2.26. The van der Waals surface area contributed by atoms with E-state index in [1.807, 2.05) is 12.1 Å². The van der Waals surface area contributed by atoms with Crippen LogP contribution in [0.5, 0.6) is 0 Å². The fraction of sp³-hybridized carbons (Fsp3) is 0.350. The van der Waals surface area contributed by atoms with Crippen LogP contribution in [-0.4, -0.2) is 5.91 Å². The summed E-state index contributed by atoms with van der Waals surface area (Å²) in [5.74, 6) is -0.111. The van der Waals surface area contributed by atoms with Gasteiger partial charge in [0.25, 0.3) is 5.91 Å². The van der Waals surface area contributed by atoms with Crippen LogP contribution < -0.4 is 5.32 Å². The first kappa shape index (κ1) is 16.1. The standard InChI is InChI=1S/C20H22ClNO/c1-2-19(22-20(23)17-9-5-6-10-18(17)21)16-12-11-14-7-3-4-8-15(14)13-16/h5-6,9-13,19H,2-4,7-8H2,1H3,(H,22,23)/t19-/m1/s1. The Kier molecular flexibility index (Phi) is 5.02. The van der Waals surface area contributed by atoms with E-state index in [0.717, 1.165) is 12.8 Å². The lowest BCUT2D eigenvalue weighted by Crippen LogP contribution is -2.28. The van der Waals surface area contributed by atoms with Crippen molar-refractivity contribution >= 4 is 17.5 Å². The van der Waals surface area contributed by atoms with Crippen molar-refractivity contribution in [3.63, 3.8) is 0 Å². The van der Waals surface area contributed by atoms with Crippen molar-refractivity contribution < 1.29 is 4.79 Å². The molecule has 0 saturated carbocycles. The number of nitrogens with one attached hydrogen (secondary N) is 1. The molecule has 0 unspecified atom stereocenters. The van der Waals surface area contributed by atoms with Crippen molar-refractivity contribution in [1.29, 1.82) is 0 Å². The van der Waals surface area contributed by atoms with E-state index in [9.17, 15) is 4.79 Å². The van der Waals surface area contributed by atoms with E-state index in [4.69, 9.17) is 11.6 Å². The van der Waals surface area contributed by atoms with Gasteiger partial charge in [0.2, 0.25) is 0 Å². The molecule has 3 rings (SSSR count). The highest BCUT2D eigenvalue weighted by Gasteiger charge is 2.18. The number of benzene rings is 2. The molecule has 1 aliphatic carbocycles. The third kappa shape index (κ3) is 3.59. The summed E-state index contributed by atoms with van der Waals surface area (Å²) in [7, 11) is 0. The predicted octanol–water partition coefficient (Wildman–Crippen LogP) is 5.10. The molecule has 1 atom stereocenters. The summed E-state index contributed by atoms with van der Waals surface area (Å²) < 4.78 is 0. The van der Waals surface area contributed by atoms with E-state index in [1.165, 1.54) is 36.0 Å². The van der Waals surface area contributed by atoms with Crippen LogP contribution >= 0.6 is 11.6 Å². The Hall–Kier alpha value is -1.80. The normalized spacial score (nSPS) is 14.9. The maximum atomic E-state index is 12.5. The molecule has 2 nitrogen and oxygen atoms in total. The minimum absolute atomic E-state index is 0.0194. The molecule has 1 amide bonds. The van der Waals surface area contributed by atoms with Crippen LogP contribution in [0, 0.1) is 0 Å². The highest BCUT2D eigenvalue weighted by atomic mass is 35.5. The molecule has 0 heterocycles. The monoisotopic (exact) mass is 327 g/mol. The number of halogens is 1. The van der Waals surface area contributed by atoms with E-state index in [1.54, 1.807) is 12.1 Å². The molecule has 1 N–H and O–H groups in total. The summed E-state index contributed by atoms with van der Waals surface area (Å²) in [6.07, 6.45) is 5.73. The molecule has 120 valence electrons. The minimum Gasteiger partial charge on any atom is -0.345 e. The van der Waals surface area contributed by atoms with Gasteiger partial charge in [0, 0.05) is 0 Å². The zero-order valence-corrected chi connectivity index (χ0v) is 14.2. The van der Waals surface area contributed by atoms with Crippen LogP contribution in [-0.2, 0) is 12.8 Å². The Morgan fingerprint density at radius 1 is 1.13 bits per heavy atom. The zero-order chi connectivity index (χ0) is 16.2. The number of hydrogen-bond acceptors (Lipinski definition) is 1. The lowest BCUT2D eigenvalue weighted by atomic mass is 9.88. The molecule has 1 aliphatic rings. The Morgan fingerprint density at radius 2 is 1.87 bits per heavy atom. The molecule has 0 fully saturated rings. The number of carbonyl (C=O) groups excluding carboxylic acids is 1. The van der Waals surface area contributed by atoms with E-state index in [0.29, 0.717) is 10.6 Å². The Morgan fingerprint density at radius 3 is 2.61 bits per heavy atom. The van der Waals surface area contributed by atoms with Crippen LogP contribution in [0.1, 0.15) is 59.3 Å². The largest absolute Gasteiger partial charge is 0.345 e. The number of fused-ring (bicyclic) bond motifs is 1. The van der Waals surface area contributed by atoms with E-state index in [-0.39, 0.29) is 11.9 Å². The maximum absolute atomic E-state index is 12.5. The molecular formula is C20H22ClNO. The molecule has 3 heteroatoms. The lowest BCUT2D eigenvalue weighted by molar-refractivity contribution is 0.0935. The Balaban J connectivity index is 1.80. The zero-order valence-electron chi connectivity index (χ0n) is 13.4. The van der Waals surface area contributed by atoms with Crippen molar-refractivity contribution in [2.45, 2.75) is 45.1 Å².